The molecule has 0 aliphatic carbocycles. The number of hydrogen-bond acceptors (Lipinski definition) is 5. The molecule has 5 aromatic carbocycles. The van der Waals surface area contributed by atoms with Crippen LogP contribution < -0.4 is 19.4 Å². The summed E-state index contributed by atoms with van der Waals surface area (Å²) in [6.07, 6.45) is 6.10. The maximum absolute atomic E-state index is 6.59. The van der Waals surface area contributed by atoms with Gasteiger partial charge in [-0.05, 0) is 76.7 Å². The smallest absolute Gasteiger partial charge is 0.137 e. The molecule has 8 rings (SSSR count). The predicted octanol–water partition coefficient (Wildman–Crippen LogP) is 11.0. The summed E-state index contributed by atoms with van der Waals surface area (Å²) in [5, 5.41) is 0. The zero-order chi connectivity index (χ0) is 32.0. The van der Waals surface area contributed by atoms with Gasteiger partial charge in [-0.1, -0.05) is 87.5 Å². The van der Waals surface area contributed by atoms with E-state index in [9.17, 15) is 0 Å². The van der Waals surface area contributed by atoms with Gasteiger partial charge in [0.25, 0.3) is 0 Å². The van der Waals surface area contributed by atoms with Crippen molar-refractivity contribution in [3.63, 3.8) is 0 Å². The van der Waals surface area contributed by atoms with Gasteiger partial charge in [-0.3, -0.25) is 4.90 Å². The molecule has 5 nitrogen and oxygen atoms in total. The molecule has 0 fully saturated rings. The lowest BCUT2D eigenvalue weighted by Gasteiger charge is -2.26. The Balaban J connectivity index is 1.11. The first kappa shape index (κ1) is 28.6. The molecule has 0 saturated carbocycles. The number of pyridine rings is 1. The Morgan fingerprint density at radius 2 is 1.21 bits per heavy atom. The second kappa shape index (κ2) is 11.5. The summed E-state index contributed by atoms with van der Waals surface area (Å²) in [6.45, 7) is 7.47. The number of rotatable bonds is 5. The van der Waals surface area contributed by atoms with Crippen LogP contribution in [0.2, 0.25) is 0 Å². The third-order valence-electron chi connectivity index (χ3n) is 8.92. The second-order valence-electron chi connectivity index (χ2n) is 13.0. The highest BCUT2D eigenvalue weighted by Gasteiger charge is 2.27. The Morgan fingerprint density at radius 1 is 0.553 bits per heavy atom. The average Bonchev–Trinajstić information content (AvgIpc) is 3.56. The fourth-order valence-corrected chi connectivity index (χ4v) is 6.47. The lowest BCUT2D eigenvalue weighted by molar-refractivity contribution is 0.483. The monoisotopic (exact) mass is 612 g/mol. The van der Waals surface area contributed by atoms with E-state index in [0.717, 1.165) is 52.2 Å². The van der Waals surface area contributed by atoms with Crippen LogP contribution in [0.1, 0.15) is 26.3 Å². The zero-order valence-electron chi connectivity index (χ0n) is 26.8. The van der Waals surface area contributed by atoms with Crippen LogP contribution in [-0.4, -0.2) is 11.7 Å². The van der Waals surface area contributed by atoms with Crippen LogP contribution in [0, 0.1) is 0 Å². The molecule has 0 amide bonds. The van der Waals surface area contributed by atoms with Gasteiger partial charge in [0.05, 0.1) is 18.0 Å². The minimum atomic E-state index is 0.134. The van der Waals surface area contributed by atoms with E-state index in [1.807, 2.05) is 24.4 Å². The lowest BCUT2D eigenvalue weighted by Crippen LogP contribution is -2.24. The normalized spacial score (nSPS) is 13.6. The highest BCUT2D eigenvalue weighted by molar-refractivity contribution is 6.02. The number of anilines is 5. The molecule has 5 heteroatoms. The van der Waals surface area contributed by atoms with Gasteiger partial charge in [0, 0.05) is 53.2 Å². The largest absolute Gasteiger partial charge is 0.457 e. The summed E-state index contributed by atoms with van der Waals surface area (Å²) in [5.41, 5.74) is 10.5. The summed E-state index contributed by atoms with van der Waals surface area (Å²) in [5.74, 6) is 2.39. The van der Waals surface area contributed by atoms with E-state index >= 15 is 0 Å². The molecule has 1 aromatic heterocycles. The maximum atomic E-state index is 6.59. The topological polar surface area (TPSA) is 31.8 Å². The third-order valence-corrected chi connectivity index (χ3v) is 8.92. The van der Waals surface area contributed by atoms with Gasteiger partial charge in [0.15, 0.2) is 0 Å². The molecular weight excluding hydrogens is 576 g/mol. The molecule has 0 spiro atoms. The van der Waals surface area contributed by atoms with Gasteiger partial charge < -0.3 is 14.5 Å². The van der Waals surface area contributed by atoms with Gasteiger partial charge >= 0.3 is 0 Å². The van der Waals surface area contributed by atoms with Crippen LogP contribution in [0.25, 0.3) is 22.3 Å². The van der Waals surface area contributed by atoms with Gasteiger partial charge in [-0.2, -0.15) is 0 Å². The van der Waals surface area contributed by atoms with E-state index in [4.69, 9.17) is 9.72 Å². The first-order valence-electron chi connectivity index (χ1n) is 16.1. The summed E-state index contributed by atoms with van der Waals surface area (Å²) in [7, 11) is 0. The number of para-hydroxylation sites is 1. The first-order valence-corrected chi connectivity index (χ1v) is 16.1. The highest BCUT2D eigenvalue weighted by Crippen LogP contribution is 2.51. The third kappa shape index (κ3) is 5.40. The minimum Gasteiger partial charge on any atom is -0.457 e. The Bertz CT molecular complexity index is 2100. The Hall–Kier alpha value is -5.81. The van der Waals surface area contributed by atoms with Gasteiger partial charge in [0.1, 0.15) is 17.3 Å². The molecule has 47 heavy (non-hydrogen) atoms. The van der Waals surface area contributed by atoms with Crippen molar-refractivity contribution in [2.24, 2.45) is 0 Å². The number of aromatic nitrogens is 1. The molecule has 230 valence electrons. The molecule has 2 aliphatic heterocycles. The van der Waals surface area contributed by atoms with Crippen molar-refractivity contribution in [1.29, 1.82) is 0 Å². The molecule has 0 saturated heterocycles. The Morgan fingerprint density at radius 3 is 1.94 bits per heavy atom. The van der Waals surface area contributed by atoms with Gasteiger partial charge in [0.2, 0.25) is 0 Å². The summed E-state index contributed by atoms with van der Waals surface area (Å²) in [4.78, 5) is 11.5. The number of nitrogens with zero attached hydrogens (tertiary/aromatic N) is 4. The summed E-state index contributed by atoms with van der Waals surface area (Å²) in [6, 6.07) is 46.7. The fourth-order valence-electron chi connectivity index (χ4n) is 6.47. The van der Waals surface area contributed by atoms with E-state index in [-0.39, 0.29) is 5.41 Å². The quantitative estimate of drug-likeness (QED) is 0.193. The average molecular weight is 613 g/mol. The number of fused-ring (bicyclic) bond motifs is 5. The van der Waals surface area contributed by atoms with Crippen molar-refractivity contribution >= 4 is 28.6 Å². The van der Waals surface area contributed by atoms with Crippen molar-refractivity contribution < 1.29 is 4.74 Å². The minimum absolute atomic E-state index is 0.134. The van der Waals surface area contributed by atoms with Crippen LogP contribution >= 0.6 is 0 Å². The molecule has 0 bridgehead atoms. The Kier molecular flexibility index (Phi) is 7.02. The Labute approximate surface area is 276 Å². The van der Waals surface area contributed by atoms with Crippen LogP contribution in [-0.2, 0) is 5.41 Å². The highest BCUT2D eigenvalue weighted by atomic mass is 16.5. The van der Waals surface area contributed by atoms with E-state index in [1.54, 1.807) is 0 Å². The van der Waals surface area contributed by atoms with E-state index in [2.05, 4.69) is 163 Å². The van der Waals surface area contributed by atoms with Crippen molar-refractivity contribution in [3.05, 3.63) is 158 Å². The molecule has 3 heterocycles. The summed E-state index contributed by atoms with van der Waals surface area (Å²) < 4.78 is 6.59. The van der Waals surface area contributed by atoms with Crippen molar-refractivity contribution in [3.8, 4) is 33.8 Å². The van der Waals surface area contributed by atoms with Crippen LogP contribution in [0.5, 0.6) is 11.5 Å². The fraction of sp³-hybridized carbons (Fsp3) is 0.119. The predicted molar refractivity (Wildman–Crippen MR) is 194 cm³/mol. The van der Waals surface area contributed by atoms with Crippen molar-refractivity contribution in [1.82, 2.24) is 4.98 Å². The molecule has 2 aliphatic rings. The number of ether oxygens (including phenoxy) is 1. The van der Waals surface area contributed by atoms with Crippen LogP contribution in [0.15, 0.2) is 152 Å². The maximum Gasteiger partial charge on any atom is 0.137 e. The van der Waals surface area contributed by atoms with Crippen molar-refractivity contribution in [2.45, 2.75) is 26.2 Å². The van der Waals surface area contributed by atoms with Gasteiger partial charge in [-0.25, -0.2) is 4.98 Å². The summed E-state index contributed by atoms with van der Waals surface area (Å²) >= 11 is 0. The molecule has 0 atom stereocenters. The molecule has 6 aromatic rings. The van der Waals surface area contributed by atoms with Crippen LogP contribution in [0.3, 0.4) is 0 Å². The van der Waals surface area contributed by atoms with E-state index in [1.165, 1.54) is 22.4 Å². The number of hydrogen-bond donors (Lipinski definition) is 0. The lowest BCUT2D eigenvalue weighted by atomic mass is 9.87. The van der Waals surface area contributed by atoms with E-state index < -0.39 is 0 Å². The second-order valence-corrected chi connectivity index (χ2v) is 13.0. The molecular formula is C42H36N4O. The SMILES string of the molecule is CC(C)(C)c1ccc(N2C=CN(c3cccc(Oc4ccc5c(c4)N(c4ccccn4)c4ccccc4-c4ccccc4-5)c3)C2)cc1. The molecule has 0 N–H and O–H groups in total. The standard InChI is InChI=1S/C42H36N4O/c1-42(2,3)30-18-20-31(21-19-30)44-25-26-45(29-44)32-11-10-12-33(27-32)47-34-22-23-38-36-14-5-4-13-35(36)37-15-6-7-16-39(37)46(40(38)28-34)41-17-8-9-24-43-41/h4-28H,29H2,1-3H3. The van der Waals surface area contributed by atoms with Crippen molar-refractivity contribution in [2.75, 3.05) is 21.4 Å². The van der Waals surface area contributed by atoms with Crippen LogP contribution in [0.4, 0.5) is 28.6 Å². The van der Waals surface area contributed by atoms with E-state index in [0.29, 0.717) is 0 Å². The molecule has 0 unspecified atom stereocenters. The van der Waals surface area contributed by atoms with Gasteiger partial charge in [-0.15, -0.1) is 0 Å². The number of benzene rings is 5. The molecule has 0 radical (unpaired) electrons. The first-order chi connectivity index (χ1) is 22.9. The zero-order valence-corrected chi connectivity index (χ0v) is 26.8.